The molecule has 0 rings (SSSR count). The summed E-state index contributed by atoms with van der Waals surface area (Å²) in [5.74, 6) is 0.672. The molecule has 2 unspecified atom stereocenters. The van der Waals surface area contributed by atoms with Crippen molar-refractivity contribution in [3.63, 3.8) is 0 Å². The van der Waals surface area contributed by atoms with Crippen LogP contribution in [0, 0.1) is 0 Å². The predicted octanol–water partition coefficient (Wildman–Crippen LogP) is 1.29. The van der Waals surface area contributed by atoms with Crippen molar-refractivity contribution in [1.82, 2.24) is 0 Å². The van der Waals surface area contributed by atoms with Crippen molar-refractivity contribution < 1.29 is 8.95 Å². The van der Waals surface area contributed by atoms with E-state index in [4.69, 9.17) is 10.5 Å². The van der Waals surface area contributed by atoms with Crippen LogP contribution in [0.5, 0.6) is 0 Å². The second kappa shape index (κ2) is 6.53. The Labute approximate surface area is 89.9 Å². The van der Waals surface area contributed by atoms with Gasteiger partial charge in [0.1, 0.15) is 0 Å². The molecule has 2 atom stereocenters. The molecule has 0 aromatic rings. The maximum absolute atomic E-state index is 11.7. The first kappa shape index (κ1) is 14.1. The van der Waals surface area contributed by atoms with Gasteiger partial charge in [-0.25, -0.2) is 0 Å². The molecule has 0 aliphatic heterocycles. The van der Waals surface area contributed by atoms with Gasteiger partial charge >= 0.3 is 0 Å². The van der Waals surface area contributed by atoms with Crippen molar-refractivity contribution in [2.24, 2.45) is 5.73 Å². The molecule has 14 heavy (non-hydrogen) atoms. The second-order valence-electron chi connectivity index (χ2n) is 4.26. The lowest BCUT2D eigenvalue weighted by molar-refractivity contribution is 0.0672. The van der Waals surface area contributed by atoms with Crippen LogP contribution < -0.4 is 5.73 Å². The van der Waals surface area contributed by atoms with Crippen LogP contribution in [0.25, 0.3) is 0 Å². The van der Waals surface area contributed by atoms with Gasteiger partial charge in [0.05, 0.1) is 6.10 Å². The summed E-state index contributed by atoms with van der Waals surface area (Å²) in [6.07, 6.45) is 0.847. The highest BCUT2D eigenvalue weighted by atomic mass is 32.2. The summed E-state index contributed by atoms with van der Waals surface area (Å²) in [6, 6.07) is 0. The zero-order valence-electron chi connectivity index (χ0n) is 9.71. The van der Waals surface area contributed by atoms with Gasteiger partial charge in [-0.2, -0.15) is 0 Å². The molecule has 0 radical (unpaired) electrons. The number of nitrogens with two attached hydrogens (primary N) is 1. The minimum Gasteiger partial charge on any atom is -0.377 e. The van der Waals surface area contributed by atoms with E-state index in [9.17, 15) is 4.21 Å². The van der Waals surface area contributed by atoms with Crippen LogP contribution >= 0.6 is 0 Å². The molecule has 0 aromatic heterocycles. The van der Waals surface area contributed by atoms with Gasteiger partial charge in [-0.1, -0.05) is 0 Å². The van der Waals surface area contributed by atoms with Crippen LogP contribution in [0.1, 0.15) is 34.1 Å². The molecular formula is C10H23NO2S. The van der Waals surface area contributed by atoms with Crippen LogP contribution in [0.3, 0.4) is 0 Å². The van der Waals surface area contributed by atoms with E-state index in [1.54, 1.807) is 0 Å². The third kappa shape index (κ3) is 5.73. The standard InChI is InChI=1S/C10H23NO2S/c1-5-13-9(8-11)6-7-14(12)10(2,3)4/h9H,5-8,11H2,1-4H3. The fraction of sp³-hybridized carbons (Fsp3) is 1.00. The summed E-state index contributed by atoms with van der Waals surface area (Å²) >= 11 is 0. The Morgan fingerprint density at radius 2 is 2.00 bits per heavy atom. The molecule has 0 saturated carbocycles. The lowest BCUT2D eigenvalue weighted by atomic mass is 10.2. The summed E-state index contributed by atoms with van der Waals surface area (Å²) in [5, 5.41) is 0. The molecule has 0 amide bonds. The smallest absolute Gasteiger partial charge is 0.0705 e. The average molecular weight is 221 g/mol. The van der Waals surface area contributed by atoms with Gasteiger partial charge in [0.2, 0.25) is 0 Å². The van der Waals surface area contributed by atoms with Crippen LogP contribution in [0.4, 0.5) is 0 Å². The first-order valence-electron chi connectivity index (χ1n) is 5.12. The van der Waals surface area contributed by atoms with Gasteiger partial charge in [0, 0.05) is 34.5 Å². The van der Waals surface area contributed by atoms with E-state index in [0.29, 0.717) is 18.9 Å². The van der Waals surface area contributed by atoms with E-state index in [2.05, 4.69) is 0 Å². The van der Waals surface area contributed by atoms with Crippen LogP contribution in [-0.2, 0) is 15.5 Å². The maximum atomic E-state index is 11.7. The quantitative estimate of drug-likeness (QED) is 0.735. The van der Waals surface area contributed by atoms with E-state index in [0.717, 1.165) is 6.42 Å². The minimum atomic E-state index is -0.799. The third-order valence-corrected chi connectivity index (χ3v) is 3.95. The van der Waals surface area contributed by atoms with E-state index < -0.39 is 10.8 Å². The molecule has 4 heteroatoms. The lowest BCUT2D eigenvalue weighted by Crippen LogP contribution is -2.30. The number of hydrogen-bond donors (Lipinski definition) is 1. The molecule has 86 valence electrons. The number of ether oxygens (including phenoxy) is 1. The van der Waals surface area contributed by atoms with Gasteiger partial charge in [0.15, 0.2) is 0 Å². The van der Waals surface area contributed by atoms with E-state index in [1.807, 2.05) is 27.7 Å². The van der Waals surface area contributed by atoms with Gasteiger partial charge in [-0.3, -0.25) is 4.21 Å². The van der Waals surface area contributed by atoms with Crippen molar-refractivity contribution in [3.8, 4) is 0 Å². The van der Waals surface area contributed by atoms with E-state index in [-0.39, 0.29) is 10.9 Å². The molecule has 3 nitrogen and oxygen atoms in total. The molecule has 2 N–H and O–H groups in total. The van der Waals surface area contributed by atoms with Crippen molar-refractivity contribution in [1.29, 1.82) is 0 Å². The first-order valence-corrected chi connectivity index (χ1v) is 6.43. The highest BCUT2D eigenvalue weighted by Gasteiger charge is 2.20. The van der Waals surface area contributed by atoms with Crippen LogP contribution in [0.2, 0.25) is 0 Å². The monoisotopic (exact) mass is 221 g/mol. The molecular weight excluding hydrogens is 198 g/mol. The third-order valence-electron chi connectivity index (χ3n) is 1.97. The summed E-state index contributed by atoms with van der Waals surface area (Å²) in [4.78, 5) is 0. The predicted molar refractivity (Wildman–Crippen MR) is 61.8 cm³/mol. The largest absolute Gasteiger partial charge is 0.377 e. The number of rotatable bonds is 6. The zero-order valence-corrected chi connectivity index (χ0v) is 10.5. The summed E-state index contributed by atoms with van der Waals surface area (Å²) < 4.78 is 17.0. The SMILES string of the molecule is CCOC(CN)CCS(=O)C(C)(C)C. The maximum Gasteiger partial charge on any atom is 0.0705 e. The van der Waals surface area contributed by atoms with Gasteiger partial charge in [0.25, 0.3) is 0 Å². The average Bonchev–Trinajstić information content (AvgIpc) is 2.10. The Morgan fingerprint density at radius 1 is 1.43 bits per heavy atom. The molecule has 0 heterocycles. The molecule has 0 saturated heterocycles. The van der Waals surface area contributed by atoms with E-state index in [1.165, 1.54) is 0 Å². The van der Waals surface area contributed by atoms with Crippen molar-refractivity contribution in [2.45, 2.75) is 45.0 Å². The van der Waals surface area contributed by atoms with E-state index >= 15 is 0 Å². The highest BCUT2D eigenvalue weighted by Crippen LogP contribution is 2.13. The fourth-order valence-corrected chi connectivity index (χ4v) is 2.14. The Balaban J connectivity index is 3.85. The van der Waals surface area contributed by atoms with Crippen molar-refractivity contribution in [2.75, 3.05) is 18.9 Å². The highest BCUT2D eigenvalue weighted by molar-refractivity contribution is 7.86. The Hall–Kier alpha value is 0.0700. The van der Waals surface area contributed by atoms with Gasteiger partial charge < -0.3 is 10.5 Å². The summed E-state index contributed by atoms with van der Waals surface area (Å²) in [7, 11) is -0.799. The van der Waals surface area contributed by atoms with Crippen LogP contribution in [-0.4, -0.2) is 34.0 Å². The second-order valence-corrected chi connectivity index (χ2v) is 6.59. The van der Waals surface area contributed by atoms with Crippen molar-refractivity contribution >= 4 is 10.8 Å². The normalized spacial score (nSPS) is 16.6. The van der Waals surface area contributed by atoms with Gasteiger partial charge in [-0.05, 0) is 34.1 Å². The number of hydrogen-bond acceptors (Lipinski definition) is 3. The molecule has 0 aliphatic carbocycles. The summed E-state index contributed by atoms with van der Waals surface area (Å²) in [6.45, 7) is 9.09. The fourth-order valence-electron chi connectivity index (χ4n) is 1.05. The van der Waals surface area contributed by atoms with Crippen LogP contribution in [0.15, 0.2) is 0 Å². The minimum absolute atomic E-state index is 0.0614. The Kier molecular flexibility index (Phi) is 6.57. The summed E-state index contributed by atoms with van der Waals surface area (Å²) in [5.41, 5.74) is 5.53. The molecule has 0 aliphatic rings. The topological polar surface area (TPSA) is 52.3 Å². The molecule has 0 fully saturated rings. The molecule has 0 spiro atoms. The molecule has 0 bridgehead atoms. The first-order chi connectivity index (χ1) is 6.41. The Bertz CT molecular complexity index is 177. The molecule has 0 aromatic carbocycles. The zero-order chi connectivity index (χ0) is 11.2. The Morgan fingerprint density at radius 3 is 2.36 bits per heavy atom. The van der Waals surface area contributed by atoms with Crippen molar-refractivity contribution in [3.05, 3.63) is 0 Å². The van der Waals surface area contributed by atoms with Gasteiger partial charge in [-0.15, -0.1) is 0 Å². The lowest BCUT2D eigenvalue weighted by Gasteiger charge is -2.20.